The number of likely N-dealkylation sites (N-methyl/N-ethyl adjacent to an activating group) is 1. The summed E-state index contributed by atoms with van der Waals surface area (Å²) < 4.78 is 22.8. The number of hydrogen-bond donors (Lipinski definition) is 1. The van der Waals surface area contributed by atoms with Gasteiger partial charge in [-0.05, 0) is 83.5 Å². The maximum Gasteiger partial charge on any atom is 0.361 e. The number of nitrogens with zero attached hydrogens (tertiary/aromatic N) is 1. The molecule has 0 aromatic heterocycles. The highest BCUT2D eigenvalue weighted by molar-refractivity contribution is 5.71. The molecule has 0 rings (SSSR count). The van der Waals surface area contributed by atoms with Gasteiger partial charge in [0.15, 0.2) is 6.10 Å². The highest BCUT2D eigenvalue weighted by Crippen LogP contribution is 2.15. The van der Waals surface area contributed by atoms with Crippen molar-refractivity contribution in [3.8, 4) is 0 Å². The van der Waals surface area contributed by atoms with E-state index in [4.69, 9.17) is 18.9 Å². The smallest absolute Gasteiger partial charge is 0.361 e. The molecule has 0 heterocycles. The van der Waals surface area contributed by atoms with Gasteiger partial charge >= 0.3 is 17.9 Å². The molecule has 0 saturated carbocycles. The number of carboxylic acids is 1. The molecule has 388 valence electrons. The van der Waals surface area contributed by atoms with Gasteiger partial charge < -0.3 is 28.5 Å². The van der Waals surface area contributed by atoms with Crippen LogP contribution in [-0.4, -0.2) is 87.4 Å². The predicted molar refractivity (Wildman–Crippen MR) is 281 cm³/mol. The van der Waals surface area contributed by atoms with Crippen LogP contribution in [0.3, 0.4) is 0 Å². The van der Waals surface area contributed by atoms with Gasteiger partial charge in [0, 0.05) is 12.8 Å². The lowest BCUT2D eigenvalue weighted by Gasteiger charge is -2.25. The van der Waals surface area contributed by atoms with E-state index in [9.17, 15) is 19.5 Å². The Morgan fingerprint density at radius 3 is 1.22 bits per heavy atom. The minimum Gasteiger partial charge on any atom is -0.477 e. The number of ether oxygens (including phenoxy) is 4. The van der Waals surface area contributed by atoms with Gasteiger partial charge in [-0.15, -0.1) is 0 Å². The third-order valence-corrected chi connectivity index (χ3v) is 11.7. The molecule has 0 fully saturated rings. The Labute approximate surface area is 412 Å². The van der Waals surface area contributed by atoms with E-state index in [-0.39, 0.29) is 32.2 Å². The van der Waals surface area contributed by atoms with Gasteiger partial charge in [0.05, 0.1) is 34.4 Å². The molecule has 9 nitrogen and oxygen atoms in total. The standard InChI is InChI=1S/C58H103NO8/c1-6-8-10-12-14-16-18-20-22-24-26-27-28-29-31-33-35-37-39-41-43-45-47-49-56(61)67-54(53-66-58(57(62)63)64-51-50-59(3,4)5)52-65-55(60)48-46-44-42-40-38-36-34-32-30-25-23-21-19-17-15-13-11-9-7-2/h15,17-18,20-21,23-24,26,28-29,54,58H,6-14,16,19,22,25,27,30-53H2,1-5H3/p+1/b17-15-,20-18-,23-21-,26-24-,29-28-. The van der Waals surface area contributed by atoms with Crippen LogP contribution in [0.2, 0.25) is 0 Å². The van der Waals surface area contributed by atoms with Gasteiger partial charge in [-0.1, -0.05) is 197 Å². The lowest BCUT2D eigenvalue weighted by molar-refractivity contribution is -0.870. The number of quaternary nitrogens is 1. The van der Waals surface area contributed by atoms with E-state index in [0.29, 0.717) is 23.9 Å². The number of carboxylic acid groups (broad SMARTS) is 1. The Morgan fingerprint density at radius 1 is 0.448 bits per heavy atom. The zero-order chi connectivity index (χ0) is 49.2. The van der Waals surface area contributed by atoms with Crippen molar-refractivity contribution in [1.82, 2.24) is 0 Å². The van der Waals surface area contributed by atoms with Crippen LogP contribution in [0.15, 0.2) is 60.8 Å². The molecule has 0 bridgehead atoms. The van der Waals surface area contributed by atoms with E-state index in [1.807, 2.05) is 21.1 Å². The van der Waals surface area contributed by atoms with Crippen LogP contribution in [0.4, 0.5) is 0 Å². The van der Waals surface area contributed by atoms with Crippen LogP contribution < -0.4 is 0 Å². The van der Waals surface area contributed by atoms with Crippen molar-refractivity contribution in [2.24, 2.45) is 0 Å². The molecule has 0 amide bonds. The molecular formula is C58H104NO8+. The van der Waals surface area contributed by atoms with Crippen molar-refractivity contribution in [3.05, 3.63) is 60.8 Å². The van der Waals surface area contributed by atoms with Crippen molar-refractivity contribution in [1.29, 1.82) is 0 Å². The summed E-state index contributed by atoms with van der Waals surface area (Å²) in [6, 6.07) is 0. The summed E-state index contributed by atoms with van der Waals surface area (Å²) in [6.07, 6.45) is 58.5. The summed E-state index contributed by atoms with van der Waals surface area (Å²) in [7, 11) is 5.96. The second-order valence-electron chi connectivity index (χ2n) is 19.5. The predicted octanol–water partition coefficient (Wildman–Crippen LogP) is 15.7. The lowest BCUT2D eigenvalue weighted by Crippen LogP contribution is -2.40. The molecule has 2 unspecified atom stereocenters. The normalized spacial score (nSPS) is 13.3. The molecule has 1 N–H and O–H groups in total. The monoisotopic (exact) mass is 943 g/mol. The van der Waals surface area contributed by atoms with Crippen LogP contribution in [0.5, 0.6) is 0 Å². The topological polar surface area (TPSA) is 108 Å². The Hall–Kier alpha value is -3.01. The molecule has 0 aliphatic rings. The van der Waals surface area contributed by atoms with Crippen LogP contribution in [0.25, 0.3) is 0 Å². The third-order valence-electron chi connectivity index (χ3n) is 11.7. The van der Waals surface area contributed by atoms with E-state index in [1.54, 1.807) is 0 Å². The maximum absolute atomic E-state index is 12.9. The van der Waals surface area contributed by atoms with Gasteiger partial charge in [-0.2, -0.15) is 0 Å². The third kappa shape index (κ3) is 50.7. The minimum absolute atomic E-state index is 0.183. The lowest BCUT2D eigenvalue weighted by atomic mass is 10.1. The fraction of sp³-hybridized carbons (Fsp3) is 0.776. The van der Waals surface area contributed by atoms with Crippen molar-refractivity contribution in [3.63, 3.8) is 0 Å². The van der Waals surface area contributed by atoms with E-state index < -0.39 is 24.3 Å². The molecule has 0 radical (unpaired) electrons. The number of rotatable bonds is 50. The fourth-order valence-corrected chi connectivity index (χ4v) is 7.46. The van der Waals surface area contributed by atoms with Gasteiger partial charge in [-0.25, -0.2) is 4.79 Å². The summed E-state index contributed by atoms with van der Waals surface area (Å²) in [5.74, 6) is -2.02. The van der Waals surface area contributed by atoms with E-state index in [2.05, 4.69) is 74.6 Å². The Kier molecular flexibility index (Phi) is 47.2. The van der Waals surface area contributed by atoms with Gasteiger partial charge in [0.25, 0.3) is 6.29 Å². The Balaban J connectivity index is 4.32. The average Bonchev–Trinajstić information content (AvgIpc) is 3.29. The van der Waals surface area contributed by atoms with Crippen LogP contribution in [0, 0.1) is 0 Å². The molecule has 0 aliphatic heterocycles. The number of carbonyl (C=O) groups excluding carboxylic acids is 2. The quantitative estimate of drug-likeness (QED) is 0.0211. The highest BCUT2D eigenvalue weighted by atomic mass is 16.7. The molecule has 2 atom stereocenters. The molecule has 0 aliphatic carbocycles. The summed E-state index contributed by atoms with van der Waals surface area (Å²) in [5, 5.41) is 9.69. The zero-order valence-corrected chi connectivity index (χ0v) is 44.1. The number of aliphatic carboxylic acids is 1. The second kappa shape index (κ2) is 49.4. The first-order valence-electron chi connectivity index (χ1n) is 27.5. The number of unbranched alkanes of at least 4 members (excludes halogenated alkanes) is 25. The van der Waals surface area contributed by atoms with Gasteiger partial charge in [0.1, 0.15) is 13.2 Å². The van der Waals surface area contributed by atoms with Gasteiger partial charge in [-0.3, -0.25) is 9.59 Å². The summed E-state index contributed by atoms with van der Waals surface area (Å²) in [4.78, 5) is 37.4. The summed E-state index contributed by atoms with van der Waals surface area (Å²) >= 11 is 0. The number of carbonyl (C=O) groups is 3. The Morgan fingerprint density at radius 2 is 0.806 bits per heavy atom. The van der Waals surface area contributed by atoms with Gasteiger partial charge in [0.2, 0.25) is 0 Å². The molecule has 0 saturated heterocycles. The molecular weight excluding hydrogens is 839 g/mol. The minimum atomic E-state index is -1.51. The summed E-state index contributed by atoms with van der Waals surface area (Å²) in [5.41, 5.74) is 0. The summed E-state index contributed by atoms with van der Waals surface area (Å²) in [6.45, 7) is 4.84. The molecule has 67 heavy (non-hydrogen) atoms. The number of hydrogen-bond acceptors (Lipinski definition) is 7. The fourth-order valence-electron chi connectivity index (χ4n) is 7.46. The molecule has 0 aromatic rings. The molecule has 9 heteroatoms. The highest BCUT2D eigenvalue weighted by Gasteiger charge is 2.25. The van der Waals surface area contributed by atoms with E-state index in [1.165, 1.54) is 135 Å². The van der Waals surface area contributed by atoms with E-state index in [0.717, 1.165) is 64.2 Å². The van der Waals surface area contributed by atoms with Crippen molar-refractivity contribution in [2.75, 3.05) is 47.5 Å². The van der Waals surface area contributed by atoms with Crippen molar-refractivity contribution in [2.45, 2.75) is 245 Å². The van der Waals surface area contributed by atoms with Crippen LogP contribution in [0.1, 0.15) is 232 Å². The SMILES string of the molecule is CCCCC/C=C\C/C=C\CCCCCCCCCCCC(=O)OCC(COC(OCC[N+](C)(C)C)C(=O)O)OC(=O)CCCCCCCCCC/C=C\C/C=C\C/C=C\CCCCCCC. The van der Waals surface area contributed by atoms with Crippen molar-refractivity contribution < 1.29 is 42.9 Å². The van der Waals surface area contributed by atoms with Crippen molar-refractivity contribution >= 4 is 17.9 Å². The Bertz CT molecular complexity index is 1280. The molecule has 0 spiro atoms. The first-order valence-corrected chi connectivity index (χ1v) is 27.5. The second-order valence-corrected chi connectivity index (χ2v) is 19.5. The first kappa shape index (κ1) is 64.0. The molecule has 0 aromatic carbocycles. The first-order chi connectivity index (χ1) is 32.6. The van der Waals surface area contributed by atoms with E-state index >= 15 is 0 Å². The average molecular weight is 943 g/mol. The zero-order valence-electron chi connectivity index (χ0n) is 44.1. The maximum atomic E-state index is 12.9. The van der Waals surface area contributed by atoms with Crippen LogP contribution >= 0.6 is 0 Å². The largest absolute Gasteiger partial charge is 0.477 e. The number of allylic oxidation sites excluding steroid dienone is 10. The van der Waals surface area contributed by atoms with Crippen LogP contribution in [-0.2, 0) is 33.3 Å². The number of esters is 2.